The Balaban J connectivity index is 1.81. The van der Waals surface area contributed by atoms with Gasteiger partial charge in [0, 0.05) is 6.54 Å². The van der Waals surface area contributed by atoms with E-state index in [0.29, 0.717) is 23.8 Å². The highest BCUT2D eigenvalue weighted by Gasteiger charge is 2.06. The van der Waals surface area contributed by atoms with Gasteiger partial charge in [0.05, 0.1) is 13.4 Å². The van der Waals surface area contributed by atoms with Crippen molar-refractivity contribution >= 4 is 17.0 Å². The van der Waals surface area contributed by atoms with E-state index < -0.39 is 0 Å². The van der Waals surface area contributed by atoms with Gasteiger partial charge in [-0.3, -0.25) is 0 Å². The molecule has 0 saturated heterocycles. The van der Waals surface area contributed by atoms with Crippen LogP contribution in [-0.4, -0.2) is 32.2 Å². The van der Waals surface area contributed by atoms with Crippen LogP contribution in [0.3, 0.4) is 0 Å². The van der Waals surface area contributed by atoms with E-state index in [4.69, 9.17) is 4.74 Å². The Morgan fingerprint density at radius 1 is 1.30 bits per heavy atom. The first kappa shape index (κ1) is 12.2. The van der Waals surface area contributed by atoms with Crippen LogP contribution >= 0.6 is 0 Å². The third-order valence-electron chi connectivity index (χ3n) is 2.93. The Morgan fingerprint density at radius 3 is 3.05 bits per heavy atom. The lowest BCUT2D eigenvalue weighted by atomic mass is 10.2. The van der Waals surface area contributed by atoms with Crippen molar-refractivity contribution in [3.05, 3.63) is 36.4 Å². The molecule has 102 valence electrons. The first-order chi connectivity index (χ1) is 9.78. The number of aromatic amines is 1. The Hall–Kier alpha value is -2.83. The second kappa shape index (κ2) is 5.04. The van der Waals surface area contributed by atoms with Crippen LogP contribution in [0.25, 0.3) is 11.2 Å². The number of methoxy groups -OCH3 is 1. The van der Waals surface area contributed by atoms with E-state index in [9.17, 15) is 5.11 Å². The second-order valence-electron chi connectivity index (χ2n) is 4.18. The molecular weight excluding hydrogens is 258 g/mol. The topological polar surface area (TPSA) is 96.0 Å². The number of hydrogen-bond donors (Lipinski definition) is 3. The second-order valence-corrected chi connectivity index (χ2v) is 4.18. The number of anilines is 1. The first-order valence-corrected chi connectivity index (χ1v) is 6.02. The van der Waals surface area contributed by atoms with E-state index in [-0.39, 0.29) is 5.75 Å². The van der Waals surface area contributed by atoms with Crippen molar-refractivity contribution in [3.63, 3.8) is 0 Å². The van der Waals surface area contributed by atoms with Crippen LogP contribution in [0.4, 0.5) is 5.82 Å². The summed E-state index contributed by atoms with van der Waals surface area (Å²) in [6, 6.07) is 5.19. The maximum atomic E-state index is 9.55. The molecule has 0 aliphatic rings. The molecule has 20 heavy (non-hydrogen) atoms. The number of nitrogens with one attached hydrogen (secondary N) is 2. The largest absolute Gasteiger partial charge is 0.504 e. The highest BCUT2D eigenvalue weighted by Crippen LogP contribution is 2.26. The Bertz CT molecular complexity index is 740. The quantitative estimate of drug-likeness (QED) is 0.668. The number of aromatic nitrogens is 4. The van der Waals surface area contributed by atoms with E-state index in [1.54, 1.807) is 18.5 Å². The highest BCUT2D eigenvalue weighted by molar-refractivity contribution is 5.81. The zero-order valence-electron chi connectivity index (χ0n) is 10.8. The molecule has 7 nitrogen and oxygen atoms in total. The summed E-state index contributed by atoms with van der Waals surface area (Å²) >= 11 is 0. The summed E-state index contributed by atoms with van der Waals surface area (Å²) in [5, 5.41) is 12.8. The van der Waals surface area contributed by atoms with Gasteiger partial charge in [0.15, 0.2) is 23.0 Å². The highest BCUT2D eigenvalue weighted by atomic mass is 16.5. The van der Waals surface area contributed by atoms with Crippen molar-refractivity contribution in [1.82, 2.24) is 19.9 Å². The summed E-state index contributed by atoms with van der Waals surface area (Å²) in [5.41, 5.74) is 2.34. The van der Waals surface area contributed by atoms with Crippen molar-refractivity contribution < 1.29 is 9.84 Å². The number of ether oxygens (including phenoxy) is 1. The average molecular weight is 271 g/mol. The van der Waals surface area contributed by atoms with Crippen molar-refractivity contribution in [3.8, 4) is 11.5 Å². The van der Waals surface area contributed by atoms with Crippen molar-refractivity contribution in [2.45, 2.75) is 6.54 Å². The molecule has 0 amide bonds. The lowest BCUT2D eigenvalue weighted by Gasteiger charge is -2.08. The van der Waals surface area contributed by atoms with Gasteiger partial charge in [-0.15, -0.1) is 0 Å². The number of H-pyrrole nitrogens is 1. The predicted molar refractivity (Wildman–Crippen MR) is 73.7 cm³/mol. The maximum Gasteiger partial charge on any atom is 0.182 e. The Morgan fingerprint density at radius 2 is 2.20 bits per heavy atom. The fraction of sp³-hybridized carbons (Fsp3) is 0.154. The van der Waals surface area contributed by atoms with E-state index in [0.717, 1.165) is 11.1 Å². The monoisotopic (exact) mass is 271 g/mol. The SMILES string of the molecule is COc1cc(CNc2ncnc3nc[nH]c23)ccc1O. The first-order valence-electron chi connectivity index (χ1n) is 6.02. The molecule has 0 aliphatic carbocycles. The fourth-order valence-corrected chi connectivity index (χ4v) is 1.92. The number of benzene rings is 1. The molecule has 0 saturated carbocycles. The maximum absolute atomic E-state index is 9.55. The van der Waals surface area contributed by atoms with Crippen LogP contribution in [0.5, 0.6) is 11.5 Å². The van der Waals surface area contributed by atoms with Gasteiger partial charge >= 0.3 is 0 Å². The lowest BCUT2D eigenvalue weighted by Crippen LogP contribution is -2.02. The minimum Gasteiger partial charge on any atom is -0.504 e. The Kier molecular flexibility index (Phi) is 3.08. The molecule has 0 bridgehead atoms. The number of rotatable bonds is 4. The number of phenolic OH excluding ortho intramolecular Hbond substituents is 1. The van der Waals surface area contributed by atoms with Crippen LogP contribution in [0.2, 0.25) is 0 Å². The summed E-state index contributed by atoms with van der Waals surface area (Å²) in [6.45, 7) is 0.543. The van der Waals surface area contributed by atoms with E-state index in [2.05, 4.69) is 25.3 Å². The third-order valence-corrected chi connectivity index (χ3v) is 2.93. The molecule has 3 N–H and O–H groups in total. The third kappa shape index (κ3) is 2.20. The van der Waals surface area contributed by atoms with Gasteiger partial charge in [0.1, 0.15) is 11.8 Å². The molecule has 3 rings (SSSR count). The zero-order chi connectivity index (χ0) is 13.9. The lowest BCUT2D eigenvalue weighted by molar-refractivity contribution is 0.373. The van der Waals surface area contributed by atoms with Gasteiger partial charge in [0.25, 0.3) is 0 Å². The van der Waals surface area contributed by atoms with E-state index in [1.165, 1.54) is 13.4 Å². The molecule has 2 heterocycles. The Labute approximate surface area is 114 Å². The van der Waals surface area contributed by atoms with Crippen molar-refractivity contribution in [2.75, 3.05) is 12.4 Å². The number of hydrogen-bond acceptors (Lipinski definition) is 6. The molecule has 3 aromatic rings. The summed E-state index contributed by atoms with van der Waals surface area (Å²) in [4.78, 5) is 15.3. The van der Waals surface area contributed by atoms with Gasteiger partial charge < -0.3 is 20.1 Å². The molecule has 0 fully saturated rings. The molecule has 1 aromatic carbocycles. The van der Waals surface area contributed by atoms with Crippen LogP contribution in [0, 0.1) is 0 Å². The molecule has 7 heteroatoms. The summed E-state index contributed by atoms with van der Waals surface area (Å²) in [7, 11) is 1.52. The summed E-state index contributed by atoms with van der Waals surface area (Å²) in [6.07, 6.45) is 3.04. The number of aromatic hydroxyl groups is 1. The van der Waals surface area contributed by atoms with Crippen LogP contribution in [0.15, 0.2) is 30.9 Å². The number of phenols is 1. The van der Waals surface area contributed by atoms with Crippen LogP contribution < -0.4 is 10.1 Å². The number of nitrogens with zero attached hydrogens (tertiary/aromatic N) is 3. The molecule has 0 radical (unpaired) electrons. The minimum absolute atomic E-state index is 0.120. The zero-order valence-corrected chi connectivity index (χ0v) is 10.8. The molecule has 0 atom stereocenters. The predicted octanol–water partition coefficient (Wildman–Crippen LogP) is 1.68. The molecule has 0 unspecified atom stereocenters. The molecule has 0 aliphatic heterocycles. The van der Waals surface area contributed by atoms with Gasteiger partial charge in [-0.25, -0.2) is 15.0 Å². The summed E-state index contributed by atoms with van der Waals surface area (Å²) in [5.74, 6) is 1.24. The summed E-state index contributed by atoms with van der Waals surface area (Å²) < 4.78 is 5.08. The van der Waals surface area contributed by atoms with Gasteiger partial charge in [-0.05, 0) is 17.7 Å². The van der Waals surface area contributed by atoms with Gasteiger partial charge in [-0.1, -0.05) is 6.07 Å². The van der Waals surface area contributed by atoms with Crippen LogP contribution in [0.1, 0.15) is 5.56 Å². The normalized spacial score (nSPS) is 10.7. The van der Waals surface area contributed by atoms with E-state index >= 15 is 0 Å². The molecule has 0 spiro atoms. The van der Waals surface area contributed by atoms with Crippen molar-refractivity contribution in [1.29, 1.82) is 0 Å². The molecular formula is C13H13N5O2. The molecule has 2 aromatic heterocycles. The minimum atomic E-state index is 0.120. The average Bonchev–Trinajstić information content (AvgIpc) is 2.95. The number of fused-ring (bicyclic) bond motifs is 1. The number of imidazole rings is 1. The van der Waals surface area contributed by atoms with E-state index in [1.807, 2.05) is 6.07 Å². The van der Waals surface area contributed by atoms with Gasteiger partial charge in [0.2, 0.25) is 0 Å². The fourth-order valence-electron chi connectivity index (χ4n) is 1.92. The van der Waals surface area contributed by atoms with Crippen LogP contribution in [-0.2, 0) is 6.54 Å². The van der Waals surface area contributed by atoms with Crippen molar-refractivity contribution in [2.24, 2.45) is 0 Å². The standard InChI is InChI=1S/C13H13N5O2/c1-20-10-4-8(2-3-9(10)19)5-14-12-11-13(16-6-15-11)18-7-17-12/h2-4,6-7,19H,5H2,1H3,(H2,14,15,16,17,18). The van der Waals surface area contributed by atoms with Gasteiger partial charge in [-0.2, -0.15) is 0 Å². The smallest absolute Gasteiger partial charge is 0.182 e.